The molecule has 0 saturated heterocycles. The number of allylic oxidation sites excluding steroid dienone is 2. The summed E-state index contributed by atoms with van der Waals surface area (Å²) >= 11 is 3.19. The summed E-state index contributed by atoms with van der Waals surface area (Å²) in [6.07, 6.45) is 6.38. The minimum absolute atomic E-state index is 0.0498. The molecule has 0 bridgehead atoms. The van der Waals surface area contributed by atoms with Crippen molar-refractivity contribution in [3.63, 3.8) is 0 Å². The minimum Gasteiger partial charge on any atom is -0.448 e. The van der Waals surface area contributed by atoms with E-state index in [1.54, 1.807) is 42.5 Å². The van der Waals surface area contributed by atoms with Crippen LogP contribution in [-0.2, 0) is 4.79 Å². The Kier molecular flexibility index (Phi) is 7.51. The van der Waals surface area contributed by atoms with Gasteiger partial charge in [0.05, 0.1) is 6.21 Å². The highest BCUT2D eigenvalue weighted by molar-refractivity contribution is 9.10. The Balaban J connectivity index is 1.74. The van der Waals surface area contributed by atoms with Crippen molar-refractivity contribution in [2.45, 2.75) is 0 Å². The van der Waals surface area contributed by atoms with Gasteiger partial charge < -0.3 is 9.73 Å². The van der Waals surface area contributed by atoms with Gasteiger partial charge in [0.15, 0.2) is 4.67 Å². The zero-order valence-electron chi connectivity index (χ0n) is 15.8. The van der Waals surface area contributed by atoms with E-state index in [0.29, 0.717) is 16.0 Å². The predicted molar refractivity (Wildman–Crippen MR) is 120 cm³/mol. The maximum absolute atomic E-state index is 12.6. The maximum atomic E-state index is 12.6. The molecule has 0 aliphatic rings. The van der Waals surface area contributed by atoms with Gasteiger partial charge >= 0.3 is 0 Å². The third-order valence-corrected chi connectivity index (χ3v) is 4.26. The van der Waals surface area contributed by atoms with Gasteiger partial charge in [-0.05, 0) is 51.8 Å². The zero-order valence-corrected chi connectivity index (χ0v) is 17.4. The fourth-order valence-electron chi connectivity index (χ4n) is 2.39. The van der Waals surface area contributed by atoms with Crippen LogP contribution in [0.3, 0.4) is 0 Å². The Morgan fingerprint density at radius 2 is 1.63 bits per heavy atom. The number of nitrogens with zero attached hydrogens (tertiary/aromatic N) is 1. The van der Waals surface area contributed by atoms with Gasteiger partial charge in [0.2, 0.25) is 0 Å². The first-order valence-electron chi connectivity index (χ1n) is 9.00. The summed E-state index contributed by atoms with van der Waals surface area (Å²) in [6.45, 7) is 0. The van der Waals surface area contributed by atoms with Crippen molar-refractivity contribution in [1.82, 2.24) is 10.7 Å². The molecule has 2 N–H and O–H groups in total. The van der Waals surface area contributed by atoms with Crippen molar-refractivity contribution in [2.75, 3.05) is 0 Å². The van der Waals surface area contributed by atoms with Crippen molar-refractivity contribution in [2.24, 2.45) is 5.10 Å². The minimum atomic E-state index is -0.570. The molecule has 0 fully saturated rings. The van der Waals surface area contributed by atoms with E-state index < -0.39 is 11.8 Å². The van der Waals surface area contributed by atoms with Crippen LogP contribution in [-0.4, -0.2) is 18.0 Å². The standard InChI is InChI=1S/C23H18BrN3O3/c24-21-15-14-19(30-21)16-25-27-23(29)20(13-7-10-17-8-3-1-4-9-17)26-22(28)18-11-5-2-6-12-18/h1-16H,(H,26,28)(H,27,29)/b10-7+,20-13-,25-16-. The summed E-state index contributed by atoms with van der Waals surface area (Å²) in [6, 6.07) is 21.6. The van der Waals surface area contributed by atoms with E-state index in [4.69, 9.17) is 4.42 Å². The fourth-order valence-corrected chi connectivity index (χ4v) is 2.71. The Bertz CT molecular complexity index is 1090. The summed E-state index contributed by atoms with van der Waals surface area (Å²) in [5, 5.41) is 6.49. The van der Waals surface area contributed by atoms with Crippen molar-refractivity contribution < 1.29 is 14.0 Å². The van der Waals surface area contributed by atoms with Gasteiger partial charge in [-0.2, -0.15) is 5.10 Å². The third-order valence-electron chi connectivity index (χ3n) is 3.83. The van der Waals surface area contributed by atoms with Crippen molar-refractivity contribution in [3.05, 3.63) is 112 Å². The number of rotatable bonds is 7. The normalized spacial score (nSPS) is 11.7. The van der Waals surface area contributed by atoms with Gasteiger partial charge in [-0.25, -0.2) is 5.43 Å². The zero-order chi connectivity index (χ0) is 21.2. The van der Waals surface area contributed by atoms with E-state index >= 15 is 0 Å². The lowest BCUT2D eigenvalue weighted by Gasteiger charge is -2.08. The fraction of sp³-hybridized carbons (Fsp3) is 0. The molecule has 150 valence electrons. The van der Waals surface area contributed by atoms with Crippen LogP contribution in [0.1, 0.15) is 21.7 Å². The largest absolute Gasteiger partial charge is 0.448 e. The van der Waals surface area contributed by atoms with Crippen molar-refractivity contribution in [3.8, 4) is 0 Å². The van der Waals surface area contributed by atoms with Gasteiger partial charge in [-0.1, -0.05) is 60.7 Å². The molecule has 0 spiro atoms. The number of hydrazone groups is 1. The highest BCUT2D eigenvalue weighted by Gasteiger charge is 2.13. The van der Waals surface area contributed by atoms with Crippen molar-refractivity contribution >= 4 is 40.0 Å². The highest BCUT2D eigenvalue weighted by Crippen LogP contribution is 2.12. The van der Waals surface area contributed by atoms with Crippen LogP contribution in [0.15, 0.2) is 105 Å². The van der Waals surface area contributed by atoms with Crippen LogP contribution in [0.25, 0.3) is 6.08 Å². The molecule has 0 aliphatic carbocycles. The lowest BCUT2D eigenvalue weighted by atomic mass is 10.2. The second-order valence-electron chi connectivity index (χ2n) is 6.01. The molecule has 3 aromatic rings. The molecule has 0 atom stereocenters. The van der Waals surface area contributed by atoms with E-state index in [-0.39, 0.29) is 5.70 Å². The number of nitrogens with one attached hydrogen (secondary N) is 2. The molecule has 0 aliphatic heterocycles. The predicted octanol–water partition coefficient (Wildman–Crippen LogP) is 4.52. The smallest absolute Gasteiger partial charge is 0.287 e. The van der Waals surface area contributed by atoms with Crippen LogP contribution in [0.5, 0.6) is 0 Å². The Morgan fingerprint density at radius 3 is 2.30 bits per heavy atom. The van der Waals surface area contributed by atoms with Crippen LogP contribution in [0, 0.1) is 0 Å². The number of carbonyl (C=O) groups is 2. The molecular formula is C23H18BrN3O3. The molecular weight excluding hydrogens is 446 g/mol. The summed E-state index contributed by atoms with van der Waals surface area (Å²) in [5.41, 5.74) is 3.83. The Morgan fingerprint density at radius 1 is 0.933 bits per heavy atom. The topological polar surface area (TPSA) is 83.7 Å². The number of benzene rings is 2. The Labute approximate surface area is 182 Å². The number of amides is 2. The quantitative estimate of drug-likeness (QED) is 0.234. The number of hydrogen-bond donors (Lipinski definition) is 2. The second-order valence-corrected chi connectivity index (χ2v) is 6.79. The lowest BCUT2D eigenvalue weighted by Crippen LogP contribution is -2.32. The van der Waals surface area contributed by atoms with Crippen LogP contribution < -0.4 is 10.7 Å². The van der Waals surface area contributed by atoms with Gasteiger partial charge in [0.25, 0.3) is 11.8 Å². The van der Waals surface area contributed by atoms with Crippen LogP contribution in [0.2, 0.25) is 0 Å². The first-order chi connectivity index (χ1) is 14.6. The van der Waals surface area contributed by atoms with E-state index in [1.807, 2.05) is 42.5 Å². The molecule has 0 radical (unpaired) electrons. The SMILES string of the molecule is O=C(N/N=C\c1ccc(Br)o1)/C(=C/C=C/c1ccccc1)NC(=O)c1ccccc1. The molecule has 7 heteroatoms. The van der Waals surface area contributed by atoms with Crippen LogP contribution in [0.4, 0.5) is 0 Å². The lowest BCUT2D eigenvalue weighted by molar-refractivity contribution is -0.117. The molecule has 3 rings (SSSR count). The van der Waals surface area contributed by atoms with Gasteiger partial charge in [0.1, 0.15) is 11.5 Å². The molecule has 0 unspecified atom stereocenters. The van der Waals surface area contributed by atoms with Crippen LogP contribution >= 0.6 is 15.9 Å². The number of halogens is 1. The molecule has 1 heterocycles. The average Bonchev–Trinajstić information content (AvgIpc) is 3.19. The molecule has 6 nitrogen and oxygen atoms in total. The third kappa shape index (κ3) is 6.42. The van der Waals surface area contributed by atoms with Crippen molar-refractivity contribution in [1.29, 1.82) is 0 Å². The Hall–Kier alpha value is -3.71. The van der Waals surface area contributed by atoms with E-state index in [0.717, 1.165) is 5.56 Å². The van der Waals surface area contributed by atoms with Gasteiger partial charge in [-0.3, -0.25) is 9.59 Å². The van der Waals surface area contributed by atoms with Gasteiger partial charge in [-0.15, -0.1) is 0 Å². The molecule has 30 heavy (non-hydrogen) atoms. The highest BCUT2D eigenvalue weighted by atomic mass is 79.9. The first-order valence-corrected chi connectivity index (χ1v) is 9.80. The summed E-state index contributed by atoms with van der Waals surface area (Å²) in [5.74, 6) is -0.507. The van der Waals surface area contributed by atoms with Gasteiger partial charge in [0, 0.05) is 5.56 Å². The summed E-state index contributed by atoms with van der Waals surface area (Å²) in [7, 11) is 0. The second kappa shape index (κ2) is 10.7. The molecule has 2 amide bonds. The van der Waals surface area contributed by atoms with E-state index in [2.05, 4.69) is 31.8 Å². The van der Waals surface area contributed by atoms with E-state index in [9.17, 15) is 9.59 Å². The monoisotopic (exact) mass is 463 g/mol. The van der Waals surface area contributed by atoms with E-state index in [1.165, 1.54) is 12.3 Å². The molecule has 1 aromatic heterocycles. The molecule has 0 saturated carbocycles. The summed E-state index contributed by atoms with van der Waals surface area (Å²) < 4.78 is 5.84. The summed E-state index contributed by atoms with van der Waals surface area (Å²) in [4.78, 5) is 25.0. The average molecular weight is 464 g/mol. The number of carbonyl (C=O) groups excluding carboxylic acids is 2. The number of furan rings is 1. The maximum Gasteiger partial charge on any atom is 0.287 e. The molecule has 2 aromatic carbocycles. The number of hydrogen-bond acceptors (Lipinski definition) is 4. The first kappa shape index (κ1) is 21.0.